The molecule has 0 radical (unpaired) electrons. The Labute approximate surface area is 172 Å². The van der Waals surface area contributed by atoms with E-state index in [1.165, 1.54) is 6.92 Å². The Morgan fingerprint density at radius 2 is 1.73 bits per heavy atom. The van der Waals surface area contributed by atoms with E-state index in [0.717, 1.165) is 22.4 Å². The average Bonchev–Trinajstić information content (AvgIpc) is 2.74. The highest BCUT2D eigenvalue weighted by Crippen LogP contribution is 2.23. The Morgan fingerprint density at radius 3 is 2.57 bits per heavy atom. The van der Waals surface area contributed by atoms with Crippen LogP contribution in [-0.2, 0) is 9.53 Å². The molecule has 0 aliphatic carbocycles. The first kappa shape index (κ1) is 19.4. The van der Waals surface area contributed by atoms with Crippen molar-refractivity contribution in [3.05, 3.63) is 88.3 Å². The lowest BCUT2D eigenvalue weighted by Crippen LogP contribution is -2.30. The number of ether oxygens (including phenoxy) is 1. The van der Waals surface area contributed by atoms with Crippen LogP contribution in [-0.4, -0.2) is 18.0 Å². The van der Waals surface area contributed by atoms with Crippen LogP contribution in [0, 0.1) is 6.92 Å². The third-order valence-corrected chi connectivity index (χ3v) is 4.78. The third kappa shape index (κ3) is 3.80. The first-order chi connectivity index (χ1) is 14.4. The zero-order valence-corrected chi connectivity index (χ0v) is 16.5. The van der Waals surface area contributed by atoms with Gasteiger partial charge in [0.15, 0.2) is 11.5 Å². The number of hydrogen-bond donors (Lipinski definition) is 1. The SMILES string of the molecule is Cc1ccc2oc(C(=O)O[C@H](C)C(=O)Nc3cccc4ccccc34)cc(=O)c2c1. The molecule has 0 aliphatic rings. The lowest BCUT2D eigenvalue weighted by atomic mass is 10.1. The predicted molar refractivity (Wildman–Crippen MR) is 115 cm³/mol. The van der Waals surface area contributed by atoms with E-state index in [1.54, 1.807) is 24.3 Å². The van der Waals surface area contributed by atoms with Crippen LogP contribution in [0.15, 0.2) is 75.9 Å². The number of nitrogens with one attached hydrogen (secondary N) is 1. The van der Waals surface area contributed by atoms with Crippen molar-refractivity contribution in [1.82, 2.24) is 0 Å². The molecule has 1 aromatic heterocycles. The van der Waals surface area contributed by atoms with Gasteiger partial charge in [0.2, 0.25) is 5.76 Å². The molecule has 1 atom stereocenters. The summed E-state index contributed by atoms with van der Waals surface area (Å²) >= 11 is 0. The molecule has 0 spiro atoms. The Hall–Kier alpha value is -3.93. The highest BCUT2D eigenvalue weighted by Gasteiger charge is 2.22. The van der Waals surface area contributed by atoms with Crippen LogP contribution in [0.4, 0.5) is 5.69 Å². The number of anilines is 1. The van der Waals surface area contributed by atoms with Gasteiger partial charge in [0.25, 0.3) is 5.91 Å². The fraction of sp³-hybridized carbons (Fsp3) is 0.125. The number of carbonyl (C=O) groups is 2. The van der Waals surface area contributed by atoms with E-state index < -0.39 is 18.0 Å². The molecular weight excluding hydrogens is 382 g/mol. The first-order valence-corrected chi connectivity index (χ1v) is 9.46. The Kier molecular flexibility index (Phi) is 5.06. The molecule has 1 heterocycles. The lowest BCUT2D eigenvalue weighted by Gasteiger charge is -2.14. The van der Waals surface area contributed by atoms with E-state index >= 15 is 0 Å². The van der Waals surface area contributed by atoms with Gasteiger partial charge in [0, 0.05) is 17.1 Å². The zero-order chi connectivity index (χ0) is 21.3. The number of hydrogen-bond acceptors (Lipinski definition) is 5. The largest absolute Gasteiger partial charge is 0.449 e. The van der Waals surface area contributed by atoms with Crippen molar-refractivity contribution in [3.8, 4) is 0 Å². The predicted octanol–water partition coefficient (Wildman–Crippen LogP) is 4.44. The number of esters is 1. The monoisotopic (exact) mass is 401 g/mol. The molecule has 6 nitrogen and oxygen atoms in total. The van der Waals surface area contributed by atoms with Crippen molar-refractivity contribution in [1.29, 1.82) is 0 Å². The van der Waals surface area contributed by atoms with Gasteiger partial charge < -0.3 is 14.5 Å². The quantitative estimate of drug-likeness (QED) is 0.511. The molecule has 3 aromatic carbocycles. The second-order valence-electron chi connectivity index (χ2n) is 7.04. The molecule has 30 heavy (non-hydrogen) atoms. The number of aryl methyl sites for hydroxylation is 1. The summed E-state index contributed by atoms with van der Waals surface area (Å²) in [6.07, 6.45) is -1.09. The lowest BCUT2D eigenvalue weighted by molar-refractivity contribution is -0.123. The molecule has 4 aromatic rings. The van der Waals surface area contributed by atoms with E-state index in [1.807, 2.05) is 43.3 Å². The van der Waals surface area contributed by atoms with Crippen LogP contribution < -0.4 is 10.7 Å². The molecule has 1 N–H and O–H groups in total. The summed E-state index contributed by atoms with van der Waals surface area (Å²) in [4.78, 5) is 37.3. The van der Waals surface area contributed by atoms with Crippen LogP contribution in [0.3, 0.4) is 0 Å². The van der Waals surface area contributed by atoms with Gasteiger partial charge in [-0.05, 0) is 37.4 Å². The summed E-state index contributed by atoms with van der Waals surface area (Å²) < 4.78 is 10.7. The second-order valence-corrected chi connectivity index (χ2v) is 7.04. The standard InChI is InChI=1S/C24H19NO5/c1-14-10-11-21-18(12-14)20(26)13-22(30-21)24(28)29-15(2)23(27)25-19-9-5-7-16-6-3-4-8-17(16)19/h3-13,15H,1-2H3,(H,25,27)/t15-/m1/s1. The third-order valence-electron chi connectivity index (χ3n) is 4.78. The highest BCUT2D eigenvalue weighted by atomic mass is 16.6. The number of rotatable bonds is 4. The molecule has 6 heteroatoms. The fourth-order valence-electron chi connectivity index (χ4n) is 3.21. The van der Waals surface area contributed by atoms with Crippen LogP contribution >= 0.6 is 0 Å². The van der Waals surface area contributed by atoms with E-state index in [2.05, 4.69) is 5.32 Å². The van der Waals surface area contributed by atoms with E-state index in [9.17, 15) is 14.4 Å². The minimum atomic E-state index is -1.09. The summed E-state index contributed by atoms with van der Waals surface area (Å²) in [7, 11) is 0. The molecule has 0 saturated heterocycles. The van der Waals surface area contributed by atoms with Gasteiger partial charge in [-0.25, -0.2) is 4.79 Å². The molecule has 0 bridgehead atoms. The minimum Gasteiger partial charge on any atom is -0.449 e. The molecule has 150 valence electrons. The van der Waals surface area contributed by atoms with Crippen molar-refractivity contribution in [3.63, 3.8) is 0 Å². The van der Waals surface area contributed by atoms with Crippen LogP contribution in [0.25, 0.3) is 21.7 Å². The fourth-order valence-corrected chi connectivity index (χ4v) is 3.21. The summed E-state index contributed by atoms with van der Waals surface area (Å²) in [6.45, 7) is 3.32. The molecule has 0 aliphatic heterocycles. The maximum absolute atomic E-state index is 12.6. The van der Waals surface area contributed by atoms with Crippen molar-refractivity contribution in [2.75, 3.05) is 5.32 Å². The highest BCUT2D eigenvalue weighted by molar-refractivity contribution is 6.04. The van der Waals surface area contributed by atoms with E-state index in [0.29, 0.717) is 11.1 Å². The van der Waals surface area contributed by atoms with E-state index in [4.69, 9.17) is 9.15 Å². The number of amides is 1. The Bertz CT molecular complexity index is 1330. The van der Waals surface area contributed by atoms with Gasteiger partial charge in [-0.1, -0.05) is 48.0 Å². The van der Waals surface area contributed by atoms with Gasteiger partial charge in [-0.3, -0.25) is 9.59 Å². The Morgan fingerprint density at radius 1 is 0.967 bits per heavy atom. The minimum absolute atomic E-state index is 0.249. The molecular formula is C24H19NO5. The number of benzene rings is 3. The van der Waals surface area contributed by atoms with Crippen LogP contribution in [0.5, 0.6) is 0 Å². The first-order valence-electron chi connectivity index (χ1n) is 9.46. The molecule has 4 rings (SSSR count). The maximum atomic E-state index is 12.6. The normalized spacial score (nSPS) is 11.9. The van der Waals surface area contributed by atoms with Gasteiger partial charge in [-0.2, -0.15) is 0 Å². The summed E-state index contributed by atoms with van der Waals surface area (Å²) in [5, 5.41) is 5.02. The maximum Gasteiger partial charge on any atom is 0.375 e. The number of fused-ring (bicyclic) bond motifs is 2. The van der Waals surface area contributed by atoms with Crippen molar-refractivity contribution >= 4 is 39.3 Å². The van der Waals surface area contributed by atoms with Crippen molar-refractivity contribution < 1.29 is 18.7 Å². The molecule has 0 unspecified atom stereocenters. The smallest absolute Gasteiger partial charge is 0.375 e. The van der Waals surface area contributed by atoms with Crippen molar-refractivity contribution in [2.45, 2.75) is 20.0 Å². The van der Waals surface area contributed by atoms with Crippen LogP contribution in [0.1, 0.15) is 23.0 Å². The summed E-state index contributed by atoms with van der Waals surface area (Å²) in [5.74, 6) is -1.62. The second kappa shape index (κ2) is 7.83. The zero-order valence-electron chi connectivity index (χ0n) is 16.5. The molecule has 1 amide bonds. The van der Waals surface area contributed by atoms with E-state index in [-0.39, 0.29) is 16.8 Å². The molecule has 0 saturated carbocycles. The Balaban J connectivity index is 1.52. The average molecular weight is 401 g/mol. The summed E-state index contributed by atoms with van der Waals surface area (Å²) in [5.41, 5.74) is 1.46. The topological polar surface area (TPSA) is 85.6 Å². The van der Waals surface area contributed by atoms with Crippen LogP contribution in [0.2, 0.25) is 0 Å². The van der Waals surface area contributed by atoms with Gasteiger partial charge >= 0.3 is 5.97 Å². The van der Waals surface area contributed by atoms with Crippen molar-refractivity contribution in [2.24, 2.45) is 0 Å². The summed E-state index contributed by atoms with van der Waals surface area (Å²) in [6, 6.07) is 19.4. The van der Waals surface area contributed by atoms with Gasteiger partial charge in [0.1, 0.15) is 5.58 Å². The van der Waals surface area contributed by atoms with Gasteiger partial charge in [0.05, 0.1) is 5.39 Å². The van der Waals surface area contributed by atoms with Gasteiger partial charge in [-0.15, -0.1) is 0 Å². The number of carbonyl (C=O) groups excluding carboxylic acids is 2. The molecule has 0 fully saturated rings.